The minimum atomic E-state index is -4.82. The van der Waals surface area contributed by atoms with E-state index >= 15 is 0 Å². The first kappa shape index (κ1) is 70.4. The topological polar surface area (TPSA) is 349 Å². The molecule has 19 atom stereocenters. The van der Waals surface area contributed by atoms with Gasteiger partial charge in [0.05, 0.1) is 33.0 Å². The molecule has 0 aliphatic carbocycles. The molecule has 0 bridgehead atoms. The van der Waals surface area contributed by atoms with Crippen LogP contribution < -0.4 is 0 Å². The summed E-state index contributed by atoms with van der Waals surface area (Å²) < 4.78 is 125. The molecular weight excluding hydrogens is 1340 g/mol. The second kappa shape index (κ2) is 32.8. The quantitative estimate of drug-likeness (QED) is 0.0989. The molecule has 1 radical (unpaired) electrons. The SMILES string of the molecule is CC[C@@H]1[C@@H](C)[C@H](C)C[S+]1C[C@@H]1OC(c2ccccc2)OC[C@H]1OS(=O)(=O)O.CC[C@H]1SC[C@@H](C)[C@@H]1C.O.O=S(=O)(O)O[C@H](CO)[C@@H](O)C[S+]1C[C@@H](O)[C@H](O)[C@H]1CO.O=S1(=O)OC[C@@H]2OC(c3ccccc3)OCC2O1.[Ac]. The Morgan fingerprint density at radius 3 is 1.86 bits per heavy atom. The van der Waals surface area contributed by atoms with Crippen molar-refractivity contribution in [3.8, 4) is 0 Å². The van der Waals surface area contributed by atoms with Gasteiger partial charge in [0.25, 0.3) is 0 Å². The van der Waals surface area contributed by atoms with Crippen LogP contribution in [-0.2, 0) is 88.7 Å². The standard InChI is InChI=1S/C19H28O6S2.C11H12O6S.C9H18O9S2.C8H16S.Ac.H2O/c1-4-18-14(3)13(2)11-26(18)12-17-16(25-27(20,21)22)10-23-19(24-17)15-8-6-5-7-9-15;12-18(13)15-7-9-10(17-18)6-14-11(16-9)8-4-2-1-3-5-8;10-1-7(18-20(15,16)17)5(12)3-19-4-6(13)9(14)8(19)2-11;1-4-8-7(3)6(2)5-9-8;;/h5-9,13-14,16-19H,4,10-12H2,1-3H3;1-5,9-11H,6-7H2;5-14H,1-4H2;6-8H,4-5H2,1-3H3;;1H2/p+2/t13-,14+,16-,17+,18-,19?,26?;9-,10?,11?;5-,6+,7+,8+,9-,19?;6-,7+,8-;;/m1001../s1. The molecular formula is C47H78AcO22S6+2. The zero-order chi connectivity index (χ0) is 54.5. The van der Waals surface area contributed by atoms with Gasteiger partial charge in [-0.2, -0.15) is 37.0 Å². The number of aliphatic hydroxyl groups is 5. The van der Waals surface area contributed by atoms with E-state index in [0.717, 1.165) is 46.1 Å². The van der Waals surface area contributed by atoms with Crippen molar-refractivity contribution in [2.45, 2.75) is 132 Å². The van der Waals surface area contributed by atoms with Gasteiger partial charge in [0.2, 0.25) is 0 Å². The normalized spacial score (nSPS) is 35.7. The van der Waals surface area contributed by atoms with Crippen LogP contribution >= 0.6 is 11.8 Å². The van der Waals surface area contributed by atoms with Gasteiger partial charge >= 0.3 is 31.2 Å². The van der Waals surface area contributed by atoms with Crippen LogP contribution in [0.3, 0.4) is 0 Å². The van der Waals surface area contributed by atoms with Crippen molar-refractivity contribution >= 4 is 64.7 Å². The van der Waals surface area contributed by atoms with Gasteiger partial charge in [-0.05, 0) is 41.3 Å². The molecule has 0 aromatic heterocycles. The zero-order valence-electron chi connectivity index (χ0n) is 43.4. The summed E-state index contributed by atoms with van der Waals surface area (Å²) in [5.74, 6) is 6.50. The van der Waals surface area contributed by atoms with Gasteiger partial charge < -0.3 is 50.0 Å². The maximum Gasteiger partial charge on any atom is 0.400 e. The minimum Gasteiger partial charge on any atom is -0.412 e. The van der Waals surface area contributed by atoms with Gasteiger partial charge in [0, 0.05) is 83.2 Å². The molecule has 435 valence electrons. The van der Waals surface area contributed by atoms with Crippen molar-refractivity contribution in [2.24, 2.45) is 23.7 Å². The molecule has 5 unspecified atom stereocenters. The summed E-state index contributed by atoms with van der Waals surface area (Å²) in [6.07, 6.45) is -6.10. The van der Waals surface area contributed by atoms with Gasteiger partial charge in [0.1, 0.15) is 77.1 Å². The number of hydrogen-bond acceptors (Lipinski definition) is 20. The van der Waals surface area contributed by atoms with E-state index in [-0.39, 0.29) is 91.8 Å². The molecule has 6 fully saturated rings. The second-order valence-corrected chi connectivity index (χ2v) is 28.4. The number of hydrogen-bond donors (Lipinski definition) is 7. The van der Waals surface area contributed by atoms with Crippen molar-refractivity contribution in [1.29, 1.82) is 0 Å². The monoisotopic (exact) mass is 1410 g/mol. The van der Waals surface area contributed by atoms with Gasteiger partial charge in [-0.3, -0.25) is 9.11 Å². The number of rotatable bonds is 15. The first-order chi connectivity index (χ1) is 34.9. The summed E-state index contributed by atoms with van der Waals surface area (Å²) in [4.78, 5) is 0. The Morgan fingerprint density at radius 2 is 1.36 bits per heavy atom. The van der Waals surface area contributed by atoms with E-state index < -0.39 is 122 Å². The summed E-state index contributed by atoms with van der Waals surface area (Å²) in [7, 11) is -13.9. The van der Waals surface area contributed by atoms with Crippen LogP contribution in [0.15, 0.2) is 60.7 Å². The molecule has 0 amide bonds. The smallest absolute Gasteiger partial charge is 0.400 e. The van der Waals surface area contributed by atoms with Crippen LogP contribution in [0.5, 0.6) is 0 Å². The first-order valence-corrected chi connectivity index (χ1v) is 33.0. The van der Waals surface area contributed by atoms with Gasteiger partial charge in [-0.25, -0.2) is 16.7 Å². The Balaban J connectivity index is 0.000000278. The summed E-state index contributed by atoms with van der Waals surface area (Å²) in [6.45, 7) is 12.8. The third-order valence-electron chi connectivity index (χ3n) is 13.9. The van der Waals surface area contributed by atoms with E-state index in [9.17, 15) is 40.6 Å². The Hall–Kier alpha value is 0.142. The summed E-state index contributed by atoms with van der Waals surface area (Å²) in [6, 6.07) is 19.0. The fraction of sp³-hybridized carbons (Fsp3) is 0.745. The fourth-order valence-corrected chi connectivity index (χ4v) is 19.3. The molecule has 22 nitrogen and oxygen atoms in total. The Bertz CT molecular complexity index is 2320. The predicted molar refractivity (Wildman–Crippen MR) is 284 cm³/mol. The molecule has 9 N–H and O–H groups in total. The first-order valence-electron chi connectivity index (χ1n) is 24.6. The van der Waals surface area contributed by atoms with Crippen LogP contribution in [-0.4, -0.2) is 192 Å². The summed E-state index contributed by atoms with van der Waals surface area (Å²) in [5, 5.41) is 48.0. The third kappa shape index (κ3) is 21.4. The molecule has 2 aromatic carbocycles. The van der Waals surface area contributed by atoms with Crippen molar-refractivity contribution in [3.05, 3.63) is 71.8 Å². The van der Waals surface area contributed by atoms with Crippen molar-refractivity contribution < 1.29 is 145 Å². The van der Waals surface area contributed by atoms with Crippen LogP contribution in [0.1, 0.15) is 78.1 Å². The molecule has 6 heterocycles. The number of benzene rings is 2. The fourth-order valence-electron chi connectivity index (χ4n) is 9.40. The van der Waals surface area contributed by atoms with Gasteiger partial charge in [-0.1, -0.05) is 102 Å². The number of ether oxygens (including phenoxy) is 4. The zero-order valence-corrected chi connectivity index (χ0v) is 53.1. The van der Waals surface area contributed by atoms with E-state index in [1.807, 2.05) is 60.7 Å². The maximum atomic E-state index is 11.3. The molecule has 6 aliphatic heterocycles. The Morgan fingerprint density at radius 1 is 0.763 bits per heavy atom. The molecule has 29 heteroatoms. The second-order valence-electron chi connectivity index (χ2n) is 19.1. The van der Waals surface area contributed by atoms with Crippen LogP contribution in [0.2, 0.25) is 0 Å². The molecule has 6 aliphatic rings. The molecule has 0 saturated carbocycles. The predicted octanol–water partition coefficient (Wildman–Crippen LogP) is 1.93. The number of aliphatic hydroxyl groups excluding tert-OH is 5. The van der Waals surface area contributed by atoms with E-state index in [1.165, 1.54) is 12.2 Å². The number of fused-ring (bicyclic) bond motifs is 1. The Kier molecular flexibility index (Phi) is 30.4. The van der Waals surface area contributed by atoms with Crippen LogP contribution in [0, 0.1) is 67.7 Å². The summed E-state index contributed by atoms with van der Waals surface area (Å²) >= 11 is 2.16. The molecule has 2 aromatic rings. The van der Waals surface area contributed by atoms with Crippen LogP contribution in [0.4, 0.5) is 0 Å². The van der Waals surface area contributed by atoms with Crippen molar-refractivity contribution in [1.82, 2.24) is 0 Å². The average Bonchev–Trinajstić information content (AvgIpc) is 3.94. The minimum absolute atomic E-state index is 0. The molecule has 6 saturated heterocycles. The molecule has 76 heavy (non-hydrogen) atoms. The van der Waals surface area contributed by atoms with Gasteiger partial charge in [0.15, 0.2) is 17.8 Å². The van der Waals surface area contributed by atoms with Crippen LogP contribution in [0.25, 0.3) is 0 Å². The average molecular weight is 1410 g/mol. The van der Waals surface area contributed by atoms with E-state index in [4.69, 9.17) is 46.6 Å². The van der Waals surface area contributed by atoms with E-state index in [1.54, 1.807) is 0 Å². The van der Waals surface area contributed by atoms with E-state index in [2.05, 4.69) is 61.7 Å². The molecule has 8 rings (SSSR count). The third-order valence-corrected chi connectivity index (χ3v) is 23.8. The maximum absolute atomic E-state index is 11.3. The van der Waals surface area contributed by atoms with Crippen molar-refractivity contribution in [2.75, 3.05) is 61.8 Å². The van der Waals surface area contributed by atoms with E-state index in [0.29, 0.717) is 17.1 Å². The number of thioether (sulfide) groups is 1. The molecule has 0 spiro atoms. The summed E-state index contributed by atoms with van der Waals surface area (Å²) in [5.41, 5.74) is 1.76. The van der Waals surface area contributed by atoms with Gasteiger partial charge in [-0.15, -0.1) is 0 Å². The Labute approximate surface area is 494 Å². The van der Waals surface area contributed by atoms with Crippen molar-refractivity contribution in [3.63, 3.8) is 0 Å². The largest absolute Gasteiger partial charge is 0.412 e.